The first-order chi connectivity index (χ1) is 11.2. The molecule has 0 heterocycles. The molecule has 6 nitrogen and oxygen atoms in total. The predicted molar refractivity (Wildman–Crippen MR) is 93.8 cm³/mol. The zero-order valence-electron chi connectivity index (χ0n) is 15.1. The summed E-state index contributed by atoms with van der Waals surface area (Å²) in [6, 6.07) is 5.43. The van der Waals surface area contributed by atoms with E-state index in [1.807, 2.05) is 33.8 Å². The Bertz CT molecular complexity index is 612. The molecule has 0 saturated carbocycles. The number of carbonyl (C=O) groups is 3. The highest BCUT2D eigenvalue weighted by Gasteiger charge is 2.17. The van der Waals surface area contributed by atoms with Crippen LogP contribution in [0.2, 0.25) is 0 Å². The molecule has 24 heavy (non-hydrogen) atoms. The van der Waals surface area contributed by atoms with E-state index in [0.29, 0.717) is 12.1 Å². The van der Waals surface area contributed by atoms with Gasteiger partial charge < -0.3 is 15.5 Å². The van der Waals surface area contributed by atoms with Crippen molar-refractivity contribution in [3.05, 3.63) is 34.9 Å². The summed E-state index contributed by atoms with van der Waals surface area (Å²) in [4.78, 5) is 37.5. The van der Waals surface area contributed by atoms with E-state index in [-0.39, 0.29) is 36.9 Å². The van der Waals surface area contributed by atoms with E-state index < -0.39 is 0 Å². The van der Waals surface area contributed by atoms with Gasteiger partial charge in [-0.2, -0.15) is 0 Å². The summed E-state index contributed by atoms with van der Waals surface area (Å²) >= 11 is 0. The number of nitrogens with zero attached hydrogens (tertiary/aromatic N) is 1. The number of hydrogen-bond acceptors (Lipinski definition) is 3. The number of hydrogen-bond donors (Lipinski definition) is 2. The van der Waals surface area contributed by atoms with Crippen molar-refractivity contribution in [2.75, 3.05) is 19.6 Å². The second kappa shape index (κ2) is 9.05. The van der Waals surface area contributed by atoms with Gasteiger partial charge in [0, 0.05) is 18.2 Å². The fraction of sp³-hybridized carbons (Fsp3) is 0.500. The molecular weight excluding hydrogens is 306 g/mol. The van der Waals surface area contributed by atoms with E-state index >= 15 is 0 Å². The van der Waals surface area contributed by atoms with Crippen LogP contribution in [0, 0.1) is 13.8 Å². The summed E-state index contributed by atoms with van der Waals surface area (Å²) in [5.74, 6) is -0.789. The summed E-state index contributed by atoms with van der Waals surface area (Å²) in [5, 5.41) is 5.36. The van der Waals surface area contributed by atoms with E-state index in [1.165, 1.54) is 4.90 Å². The Balaban J connectivity index is 2.57. The number of rotatable bonds is 7. The molecule has 0 aliphatic carbocycles. The van der Waals surface area contributed by atoms with Gasteiger partial charge in [0.2, 0.25) is 11.8 Å². The molecule has 0 atom stereocenters. The van der Waals surface area contributed by atoms with Crippen molar-refractivity contribution in [2.24, 2.45) is 0 Å². The van der Waals surface area contributed by atoms with Crippen molar-refractivity contribution in [1.82, 2.24) is 15.5 Å². The van der Waals surface area contributed by atoms with Gasteiger partial charge in [-0.1, -0.05) is 6.07 Å². The molecule has 3 amide bonds. The highest BCUT2D eigenvalue weighted by Crippen LogP contribution is 2.09. The molecule has 1 aromatic rings. The molecule has 0 radical (unpaired) electrons. The minimum Gasteiger partial charge on any atom is -0.352 e. The topological polar surface area (TPSA) is 78.5 Å². The summed E-state index contributed by atoms with van der Waals surface area (Å²) in [6.45, 7) is 9.70. The maximum Gasteiger partial charge on any atom is 0.251 e. The summed E-state index contributed by atoms with van der Waals surface area (Å²) in [7, 11) is 0. The van der Waals surface area contributed by atoms with Crippen LogP contribution in [-0.4, -0.2) is 48.3 Å². The molecule has 2 N–H and O–H groups in total. The maximum atomic E-state index is 12.2. The number of amides is 3. The summed E-state index contributed by atoms with van der Waals surface area (Å²) < 4.78 is 0. The molecular formula is C18H27N3O3. The van der Waals surface area contributed by atoms with Crippen molar-refractivity contribution in [3.63, 3.8) is 0 Å². The van der Waals surface area contributed by atoms with E-state index in [4.69, 9.17) is 0 Å². The zero-order chi connectivity index (χ0) is 18.3. The standard InChI is InChI=1S/C18H27N3O3/c1-6-21(11-16(22)20-12(2)3)17(23)10-19-18(24)15-8-7-13(4)14(5)9-15/h7-9,12H,6,10-11H2,1-5H3,(H,19,24)(H,20,22). The Morgan fingerprint density at radius 2 is 1.79 bits per heavy atom. The lowest BCUT2D eigenvalue weighted by Gasteiger charge is -2.21. The molecule has 0 aromatic heterocycles. The van der Waals surface area contributed by atoms with Crippen molar-refractivity contribution < 1.29 is 14.4 Å². The van der Waals surface area contributed by atoms with Crippen molar-refractivity contribution in [1.29, 1.82) is 0 Å². The monoisotopic (exact) mass is 333 g/mol. The second-order valence-corrected chi connectivity index (χ2v) is 6.11. The molecule has 0 spiro atoms. The molecule has 0 aliphatic rings. The Hall–Kier alpha value is -2.37. The lowest BCUT2D eigenvalue weighted by atomic mass is 10.1. The highest BCUT2D eigenvalue weighted by atomic mass is 16.2. The molecule has 0 bridgehead atoms. The van der Waals surface area contributed by atoms with Crippen LogP contribution in [0.25, 0.3) is 0 Å². The van der Waals surface area contributed by atoms with Gasteiger partial charge in [0.25, 0.3) is 5.91 Å². The van der Waals surface area contributed by atoms with Crippen LogP contribution < -0.4 is 10.6 Å². The third kappa shape index (κ3) is 6.02. The normalized spacial score (nSPS) is 10.4. The highest BCUT2D eigenvalue weighted by molar-refractivity contribution is 5.97. The molecule has 1 rings (SSSR count). The van der Waals surface area contributed by atoms with Gasteiger partial charge in [-0.3, -0.25) is 14.4 Å². The third-order valence-corrected chi connectivity index (χ3v) is 3.69. The van der Waals surface area contributed by atoms with Crippen molar-refractivity contribution in [2.45, 2.75) is 40.7 Å². The molecule has 6 heteroatoms. The van der Waals surface area contributed by atoms with Crippen LogP contribution >= 0.6 is 0 Å². The van der Waals surface area contributed by atoms with Crippen LogP contribution in [0.5, 0.6) is 0 Å². The number of nitrogens with one attached hydrogen (secondary N) is 2. The molecule has 1 aromatic carbocycles. The first-order valence-corrected chi connectivity index (χ1v) is 8.17. The van der Waals surface area contributed by atoms with E-state index in [9.17, 15) is 14.4 Å². The van der Waals surface area contributed by atoms with Crippen LogP contribution in [0.3, 0.4) is 0 Å². The quantitative estimate of drug-likeness (QED) is 0.792. The molecule has 0 saturated heterocycles. The van der Waals surface area contributed by atoms with Gasteiger partial charge in [0.05, 0.1) is 13.1 Å². The smallest absolute Gasteiger partial charge is 0.251 e. The van der Waals surface area contributed by atoms with Crippen LogP contribution in [0.1, 0.15) is 42.3 Å². The number of carbonyl (C=O) groups excluding carboxylic acids is 3. The third-order valence-electron chi connectivity index (χ3n) is 3.69. The second-order valence-electron chi connectivity index (χ2n) is 6.11. The van der Waals surface area contributed by atoms with E-state index in [0.717, 1.165) is 11.1 Å². The first-order valence-electron chi connectivity index (χ1n) is 8.17. The Labute approximate surface area is 143 Å². The largest absolute Gasteiger partial charge is 0.352 e. The lowest BCUT2D eigenvalue weighted by molar-refractivity contribution is -0.135. The zero-order valence-corrected chi connectivity index (χ0v) is 15.1. The molecule has 132 valence electrons. The summed E-state index contributed by atoms with van der Waals surface area (Å²) in [6.07, 6.45) is 0. The average Bonchev–Trinajstić information content (AvgIpc) is 2.51. The average molecular weight is 333 g/mol. The Morgan fingerprint density at radius 3 is 2.33 bits per heavy atom. The van der Waals surface area contributed by atoms with E-state index in [2.05, 4.69) is 10.6 Å². The fourth-order valence-electron chi connectivity index (χ4n) is 2.17. The van der Waals surface area contributed by atoms with Crippen molar-refractivity contribution >= 4 is 17.7 Å². The molecule has 0 fully saturated rings. The van der Waals surface area contributed by atoms with E-state index in [1.54, 1.807) is 19.1 Å². The summed E-state index contributed by atoms with van der Waals surface area (Å²) in [5.41, 5.74) is 2.65. The molecule has 0 unspecified atom stereocenters. The van der Waals surface area contributed by atoms with Gasteiger partial charge in [0.15, 0.2) is 0 Å². The van der Waals surface area contributed by atoms with Crippen LogP contribution in [0.15, 0.2) is 18.2 Å². The van der Waals surface area contributed by atoms with Gasteiger partial charge in [-0.05, 0) is 57.9 Å². The Kier molecular flexibility index (Phi) is 7.42. The van der Waals surface area contributed by atoms with Crippen LogP contribution in [-0.2, 0) is 9.59 Å². The minimum atomic E-state index is -0.297. The van der Waals surface area contributed by atoms with Gasteiger partial charge in [-0.25, -0.2) is 0 Å². The SMILES string of the molecule is CCN(CC(=O)NC(C)C)C(=O)CNC(=O)c1ccc(C)c(C)c1. The van der Waals surface area contributed by atoms with Gasteiger partial charge in [0.1, 0.15) is 0 Å². The Morgan fingerprint density at radius 1 is 1.12 bits per heavy atom. The first kappa shape index (κ1) is 19.7. The van der Waals surface area contributed by atoms with Gasteiger partial charge in [-0.15, -0.1) is 0 Å². The van der Waals surface area contributed by atoms with Gasteiger partial charge >= 0.3 is 0 Å². The lowest BCUT2D eigenvalue weighted by Crippen LogP contribution is -2.46. The predicted octanol–water partition coefficient (Wildman–Crippen LogP) is 1.41. The minimum absolute atomic E-state index is 0.00692. The maximum absolute atomic E-state index is 12.2. The number of benzene rings is 1. The fourth-order valence-corrected chi connectivity index (χ4v) is 2.17. The number of aryl methyl sites for hydroxylation is 2. The molecule has 0 aliphatic heterocycles. The number of likely N-dealkylation sites (N-methyl/N-ethyl adjacent to an activating group) is 1. The van der Waals surface area contributed by atoms with Crippen LogP contribution in [0.4, 0.5) is 0 Å². The van der Waals surface area contributed by atoms with Crippen molar-refractivity contribution in [3.8, 4) is 0 Å².